The number of benzene rings is 1. The molecule has 0 atom stereocenters. The Morgan fingerprint density at radius 2 is 1.59 bits per heavy atom. The number of halogens is 1. The highest BCUT2D eigenvalue weighted by atomic mass is 19.1. The van der Waals surface area contributed by atoms with Crippen molar-refractivity contribution in [3.8, 4) is 5.88 Å². The molecule has 4 rings (SSSR count). The van der Waals surface area contributed by atoms with Crippen LogP contribution >= 0.6 is 0 Å². The van der Waals surface area contributed by atoms with Crippen LogP contribution < -0.4 is 20.3 Å². The Morgan fingerprint density at radius 1 is 0.926 bits per heavy atom. The third kappa shape index (κ3) is 4.07. The van der Waals surface area contributed by atoms with Crippen LogP contribution in [0, 0.1) is 5.82 Å². The molecule has 1 aromatic heterocycles. The van der Waals surface area contributed by atoms with Gasteiger partial charge in [-0.1, -0.05) is 6.42 Å². The Morgan fingerprint density at radius 3 is 2.30 bits per heavy atom. The summed E-state index contributed by atoms with van der Waals surface area (Å²) < 4.78 is 19.2. The van der Waals surface area contributed by atoms with Crippen molar-refractivity contribution in [2.24, 2.45) is 0 Å². The predicted octanol–water partition coefficient (Wildman–Crippen LogP) is 3.24. The zero-order valence-corrected chi connectivity index (χ0v) is 15.5. The molecule has 2 heterocycles. The lowest BCUT2D eigenvalue weighted by atomic mass is 9.98. The van der Waals surface area contributed by atoms with Crippen molar-refractivity contribution < 1.29 is 9.13 Å². The molecule has 0 unspecified atom stereocenters. The van der Waals surface area contributed by atoms with Crippen molar-refractivity contribution in [2.75, 3.05) is 41.7 Å². The SMILES string of the molecule is Nc1c(OC2CCCCC2)ncnc1N1CCN(c2ccc(F)cc2)CC1. The molecule has 1 aromatic carbocycles. The minimum atomic E-state index is -0.211. The fourth-order valence-corrected chi connectivity index (χ4v) is 3.89. The molecule has 0 amide bonds. The first-order chi connectivity index (χ1) is 13.2. The van der Waals surface area contributed by atoms with Gasteiger partial charge < -0.3 is 20.3 Å². The van der Waals surface area contributed by atoms with Gasteiger partial charge in [-0.3, -0.25) is 0 Å². The number of ether oxygens (including phenoxy) is 1. The normalized spacial score (nSPS) is 18.6. The Balaban J connectivity index is 1.42. The largest absolute Gasteiger partial charge is 0.473 e. The number of rotatable bonds is 4. The van der Waals surface area contributed by atoms with Crippen LogP contribution in [0.5, 0.6) is 5.88 Å². The van der Waals surface area contributed by atoms with Crippen LogP contribution in [0.15, 0.2) is 30.6 Å². The molecule has 2 N–H and O–H groups in total. The van der Waals surface area contributed by atoms with E-state index in [0.717, 1.165) is 50.5 Å². The number of aromatic nitrogens is 2. The van der Waals surface area contributed by atoms with Crippen LogP contribution in [0.1, 0.15) is 32.1 Å². The number of hydrogen-bond donors (Lipinski definition) is 1. The van der Waals surface area contributed by atoms with Crippen molar-refractivity contribution in [3.05, 3.63) is 36.4 Å². The second kappa shape index (κ2) is 7.98. The first kappa shape index (κ1) is 17.8. The maximum Gasteiger partial charge on any atom is 0.242 e. The summed E-state index contributed by atoms with van der Waals surface area (Å²) in [7, 11) is 0. The molecule has 6 nitrogen and oxygen atoms in total. The first-order valence-corrected chi connectivity index (χ1v) is 9.73. The smallest absolute Gasteiger partial charge is 0.242 e. The molecule has 1 saturated heterocycles. The summed E-state index contributed by atoms with van der Waals surface area (Å²) in [5.74, 6) is 1.04. The number of hydrogen-bond acceptors (Lipinski definition) is 6. The molecule has 0 radical (unpaired) electrons. The highest BCUT2D eigenvalue weighted by Crippen LogP contribution is 2.32. The van der Waals surface area contributed by atoms with Crippen LogP contribution in [0.3, 0.4) is 0 Å². The molecule has 144 valence electrons. The standard InChI is InChI=1S/C20H26FN5O/c21-15-6-8-16(9-7-15)25-10-12-26(13-11-25)19-18(22)20(24-14-23-19)27-17-4-2-1-3-5-17/h6-9,14,17H,1-5,10-13,22H2. The summed E-state index contributed by atoms with van der Waals surface area (Å²) in [6.07, 6.45) is 7.56. The summed E-state index contributed by atoms with van der Waals surface area (Å²) >= 11 is 0. The van der Waals surface area contributed by atoms with Gasteiger partial charge in [0.2, 0.25) is 5.88 Å². The molecule has 1 aliphatic heterocycles. The Labute approximate surface area is 159 Å². The number of nitrogens with zero attached hydrogens (tertiary/aromatic N) is 4. The van der Waals surface area contributed by atoms with Gasteiger partial charge in [0, 0.05) is 31.9 Å². The van der Waals surface area contributed by atoms with Gasteiger partial charge in [0.15, 0.2) is 5.82 Å². The van der Waals surface area contributed by atoms with E-state index in [4.69, 9.17) is 10.5 Å². The molecule has 0 bridgehead atoms. The van der Waals surface area contributed by atoms with Crippen LogP contribution in [0.25, 0.3) is 0 Å². The van der Waals surface area contributed by atoms with E-state index in [1.165, 1.54) is 37.7 Å². The topological polar surface area (TPSA) is 67.5 Å². The van der Waals surface area contributed by atoms with Gasteiger partial charge in [-0.2, -0.15) is 4.98 Å². The van der Waals surface area contributed by atoms with Crippen LogP contribution in [-0.4, -0.2) is 42.3 Å². The fraction of sp³-hybridized carbons (Fsp3) is 0.500. The van der Waals surface area contributed by atoms with Crippen molar-refractivity contribution >= 4 is 17.2 Å². The number of nitrogens with two attached hydrogens (primary N) is 1. The third-order valence-electron chi connectivity index (χ3n) is 5.43. The van der Waals surface area contributed by atoms with E-state index in [1.807, 2.05) is 12.1 Å². The summed E-state index contributed by atoms with van der Waals surface area (Å²) in [6.45, 7) is 3.24. The highest BCUT2D eigenvalue weighted by Gasteiger charge is 2.23. The fourth-order valence-electron chi connectivity index (χ4n) is 3.89. The van der Waals surface area contributed by atoms with E-state index in [9.17, 15) is 4.39 Å². The summed E-state index contributed by atoms with van der Waals surface area (Å²) in [5, 5.41) is 0. The monoisotopic (exact) mass is 371 g/mol. The predicted molar refractivity (Wildman–Crippen MR) is 105 cm³/mol. The Hall–Kier alpha value is -2.57. The average molecular weight is 371 g/mol. The van der Waals surface area contributed by atoms with E-state index < -0.39 is 0 Å². The quantitative estimate of drug-likeness (QED) is 0.890. The van der Waals surface area contributed by atoms with Gasteiger partial charge in [0.05, 0.1) is 0 Å². The highest BCUT2D eigenvalue weighted by molar-refractivity contribution is 5.68. The summed E-state index contributed by atoms with van der Waals surface area (Å²) in [5.41, 5.74) is 7.91. The van der Waals surface area contributed by atoms with Crippen molar-refractivity contribution in [3.63, 3.8) is 0 Å². The molecule has 0 spiro atoms. The number of piperazine rings is 1. The van der Waals surface area contributed by atoms with Crippen molar-refractivity contribution in [1.82, 2.24) is 9.97 Å². The molecular formula is C20H26FN5O. The molecule has 2 aromatic rings. The Bertz CT molecular complexity index is 755. The minimum absolute atomic E-state index is 0.208. The van der Waals surface area contributed by atoms with Gasteiger partial charge in [0.1, 0.15) is 23.9 Å². The molecule has 1 aliphatic carbocycles. The second-order valence-corrected chi connectivity index (χ2v) is 7.24. The maximum absolute atomic E-state index is 13.1. The van der Waals surface area contributed by atoms with Gasteiger partial charge in [-0.05, 0) is 49.9 Å². The number of nitrogen functional groups attached to an aromatic ring is 1. The third-order valence-corrected chi connectivity index (χ3v) is 5.43. The molecule has 1 saturated carbocycles. The zero-order chi connectivity index (χ0) is 18.6. The van der Waals surface area contributed by atoms with Crippen LogP contribution in [0.2, 0.25) is 0 Å². The van der Waals surface area contributed by atoms with E-state index in [-0.39, 0.29) is 11.9 Å². The van der Waals surface area contributed by atoms with Gasteiger partial charge >= 0.3 is 0 Å². The van der Waals surface area contributed by atoms with E-state index in [0.29, 0.717) is 11.6 Å². The van der Waals surface area contributed by atoms with Gasteiger partial charge in [-0.25, -0.2) is 9.37 Å². The lowest BCUT2D eigenvalue weighted by molar-refractivity contribution is 0.149. The average Bonchev–Trinajstić information content (AvgIpc) is 2.71. The lowest BCUT2D eigenvalue weighted by Gasteiger charge is -2.37. The van der Waals surface area contributed by atoms with E-state index >= 15 is 0 Å². The molecule has 7 heteroatoms. The van der Waals surface area contributed by atoms with E-state index in [2.05, 4.69) is 19.8 Å². The van der Waals surface area contributed by atoms with E-state index in [1.54, 1.807) is 0 Å². The Kier molecular flexibility index (Phi) is 5.27. The molecular weight excluding hydrogens is 345 g/mol. The lowest BCUT2D eigenvalue weighted by Crippen LogP contribution is -2.47. The molecule has 27 heavy (non-hydrogen) atoms. The van der Waals surface area contributed by atoms with Crippen LogP contribution in [-0.2, 0) is 0 Å². The van der Waals surface area contributed by atoms with Crippen LogP contribution in [0.4, 0.5) is 21.6 Å². The van der Waals surface area contributed by atoms with Gasteiger partial charge in [-0.15, -0.1) is 0 Å². The number of anilines is 3. The first-order valence-electron chi connectivity index (χ1n) is 9.73. The van der Waals surface area contributed by atoms with Crippen molar-refractivity contribution in [1.29, 1.82) is 0 Å². The van der Waals surface area contributed by atoms with Gasteiger partial charge in [0.25, 0.3) is 0 Å². The molecule has 2 fully saturated rings. The summed E-state index contributed by atoms with van der Waals surface area (Å²) in [4.78, 5) is 13.1. The second-order valence-electron chi connectivity index (χ2n) is 7.24. The van der Waals surface area contributed by atoms with Crippen molar-refractivity contribution in [2.45, 2.75) is 38.2 Å². The zero-order valence-electron chi connectivity index (χ0n) is 15.5. The minimum Gasteiger partial charge on any atom is -0.473 e. The summed E-state index contributed by atoms with van der Waals surface area (Å²) in [6, 6.07) is 6.64. The maximum atomic E-state index is 13.1. The molecule has 2 aliphatic rings.